The van der Waals surface area contributed by atoms with Gasteiger partial charge in [0.15, 0.2) is 9.84 Å². The van der Waals surface area contributed by atoms with Crippen molar-refractivity contribution in [2.45, 2.75) is 30.6 Å². The van der Waals surface area contributed by atoms with Crippen molar-refractivity contribution in [1.82, 2.24) is 0 Å². The van der Waals surface area contributed by atoms with E-state index in [1.54, 1.807) is 6.08 Å². The molecule has 2 aliphatic rings. The Kier molecular flexibility index (Phi) is 2.56. The molecule has 2 rings (SSSR count). The lowest BCUT2D eigenvalue weighted by Gasteiger charge is -2.16. The van der Waals surface area contributed by atoms with Gasteiger partial charge in [0, 0.05) is 0 Å². The molecule has 0 aromatic rings. The molecule has 0 aromatic carbocycles. The average Bonchev–Trinajstić information content (AvgIpc) is 3.01. The van der Waals surface area contributed by atoms with Gasteiger partial charge in [-0.25, -0.2) is 8.42 Å². The van der Waals surface area contributed by atoms with Crippen molar-refractivity contribution >= 4 is 9.84 Å². The van der Waals surface area contributed by atoms with E-state index in [-0.39, 0.29) is 5.25 Å². The fourth-order valence-electron chi connectivity index (χ4n) is 1.65. The van der Waals surface area contributed by atoms with Crippen molar-refractivity contribution in [2.24, 2.45) is 0 Å². The van der Waals surface area contributed by atoms with Gasteiger partial charge in [-0.05, 0) is 30.9 Å². The summed E-state index contributed by atoms with van der Waals surface area (Å²) in [7, 11) is -3.13. The van der Waals surface area contributed by atoms with Crippen molar-refractivity contribution in [3.8, 4) is 0 Å². The highest BCUT2D eigenvalue weighted by molar-refractivity contribution is 7.96. The van der Waals surface area contributed by atoms with Crippen LogP contribution in [0.4, 0.5) is 0 Å². The molecule has 0 heterocycles. The van der Waals surface area contributed by atoms with Crippen LogP contribution in [0.5, 0.6) is 0 Å². The second kappa shape index (κ2) is 3.61. The van der Waals surface area contributed by atoms with Crippen molar-refractivity contribution in [3.05, 3.63) is 35.3 Å². The minimum absolute atomic E-state index is 0.193. The van der Waals surface area contributed by atoms with E-state index in [1.807, 2.05) is 0 Å². The van der Waals surface area contributed by atoms with Gasteiger partial charge in [-0.2, -0.15) is 0 Å². The van der Waals surface area contributed by atoms with Gasteiger partial charge in [0.25, 0.3) is 0 Å². The number of sulfone groups is 1. The van der Waals surface area contributed by atoms with Crippen molar-refractivity contribution in [2.75, 3.05) is 0 Å². The Bertz CT molecular complexity index is 438. The van der Waals surface area contributed by atoms with E-state index in [2.05, 4.69) is 6.58 Å². The summed E-state index contributed by atoms with van der Waals surface area (Å²) in [5, 5.41) is 9.33. The number of aliphatic hydroxyl groups is 1. The first kappa shape index (κ1) is 10.6. The third-order valence-electron chi connectivity index (χ3n) is 2.76. The number of rotatable bonds is 3. The highest BCUT2D eigenvalue weighted by Gasteiger charge is 2.38. The van der Waals surface area contributed by atoms with Gasteiger partial charge in [0.2, 0.25) is 0 Å². The third kappa shape index (κ3) is 1.92. The standard InChI is InChI=1S/C11H14O3S/c1-2-8-7-10(5-6-11(8)12)15(13,14)9-3-4-9/h2,5,7,9,11-12H,1,3-4,6H2/t11-/m0/s1. The molecule has 3 nitrogen and oxygen atoms in total. The van der Waals surface area contributed by atoms with E-state index in [0.717, 1.165) is 12.8 Å². The lowest BCUT2D eigenvalue weighted by Crippen LogP contribution is -2.16. The third-order valence-corrected chi connectivity index (χ3v) is 5.05. The van der Waals surface area contributed by atoms with E-state index >= 15 is 0 Å². The molecule has 1 N–H and O–H groups in total. The van der Waals surface area contributed by atoms with Crippen LogP contribution in [0.15, 0.2) is 35.3 Å². The fraction of sp³-hybridized carbons (Fsp3) is 0.455. The summed E-state index contributed by atoms with van der Waals surface area (Å²) >= 11 is 0. The molecule has 1 saturated carbocycles. The van der Waals surface area contributed by atoms with Gasteiger partial charge in [0.05, 0.1) is 16.3 Å². The van der Waals surface area contributed by atoms with E-state index in [1.165, 1.54) is 12.2 Å². The molecule has 0 spiro atoms. The molecule has 1 fully saturated rings. The summed E-state index contributed by atoms with van der Waals surface area (Å²) in [4.78, 5) is 0.352. The van der Waals surface area contributed by atoms with Crippen LogP contribution in [-0.4, -0.2) is 24.9 Å². The minimum Gasteiger partial charge on any atom is -0.388 e. The van der Waals surface area contributed by atoms with Crippen LogP contribution < -0.4 is 0 Å². The van der Waals surface area contributed by atoms with E-state index in [4.69, 9.17) is 0 Å². The highest BCUT2D eigenvalue weighted by atomic mass is 32.2. The summed E-state index contributed by atoms with van der Waals surface area (Å²) < 4.78 is 23.8. The second-order valence-electron chi connectivity index (χ2n) is 3.95. The lowest BCUT2D eigenvalue weighted by atomic mass is 10.0. The van der Waals surface area contributed by atoms with Crippen LogP contribution in [0.25, 0.3) is 0 Å². The summed E-state index contributed by atoms with van der Waals surface area (Å²) in [6, 6.07) is 0. The van der Waals surface area contributed by atoms with E-state index in [9.17, 15) is 13.5 Å². The first-order valence-electron chi connectivity index (χ1n) is 5.02. The number of aliphatic hydroxyl groups excluding tert-OH is 1. The van der Waals surface area contributed by atoms with Gasteiger partial charge in [0.1, 0.15) is 0 Å². The van der Waals surface area contributed by atoms with E-state index in [0.29, 0.717) is 16.9 Å². The second-order valence-corrected chi connectivity index (χ2v) is 6.18. The molecule has 0 aromatic heterocycles. The quantitative estimate of drug-likeness (QED) is 0.789. The highest BCUT2D eigenvalue weighted by Crippen LogP contribution is 2.35. The van der Waals surface area contributed by atoms with Gasteiger partial charge in [-0.1, -0.05) is 18.7 Å². The number of allylic oxidation sites excluding steroid dienone is 1. The smallest absolute Gasteiger partial charge is 0.180 e. The first-order chi connectivity index (χ1) is 7.05. The molecule has 1 atom stereocenters. The average molecular weight is 226 g/mol. The van der Waals surface area contributed by atoms with Crippen LogP contribution in [0.1, 0.15) is 19.3 Å². The van der Waals surface area contributed by atoms with Crippen LogP contribution >= 0.6 is 0 Å². The largest absolute Gasteiger partial charge is 0.388 e. The molecule has 0 radical (unpaired) electrons. The molecule has 15 heavy (non-hydrogen) atoms. The SMILES string of the molecule is C=CC1=CC(S(=O)(=O)C2CC2)=CC[C@@H]1O. The van der Waals surface area contributed by atoms with Gasteiger partial charge in [-0.15, -0.1) is 0 Å². The maximum absolute atomic E-state index is 11.9. The van der Waals surface area contributed by atoms with Crippen molar-refractivity contribution in [3.63, 3.8) is 0 Å². The van der Waals surface area contributed by atoms with Crippen LogP contribution in [0.3, 0.4) is 0 Å². The Morgan fingerprint density at radius 1 is 1.47 bits per heavy atom. The normalized spacial score (nSPS) is 26.9. The van der Waals surface area contributed by atoms with Gasteiger partial charge >= 0.3 is 0 Å². The monoisotopic (exact) mass is 226 g/mol. The summed E-state index contributed by atoms with van der Waals surface area (Å²) in [6.45, 7) is 3.56. The number of hydrogen-bond donors (Lipinski definition) is 1. The molecule has 0 saturated heterocycles. The molecule has 0 aliphatic heterocycles. The van der Waals surface area contributed by atoms with Crippen molar-refractivity contribution in [1.29, 1.82) is 0 Å². The summed E-state index contributed by atoms with van der Waals surface area (Å²) in [5.74, 6) is 0. The molecular weight excluding hydrogens is 212 g/mol. The summed E-state index contributed by atoms with van der Waals surface area (Å²) in [6.07, 6.45) is 5.93. The minimum atomic E-state index is -3.13. The topological polar surface area (TPSA) is 54.4 Å². The van der Waals surface area contributed by atoms with Crippen molar-refractivity contribution < 1.29 is 13.5 Å². The molecule has 0 amide bonds. The predicted molar refractivity (Wildman–Crippen MR) is 58.9 cm³/mol. The Morgan fingerprint density at radius 2 is 2.13 bits per heavy atom. The Morgan fingerprint density at radius 3 is 2.67 bits per heavy atom. The van der Waals surface area contributed by atoms with Crippen LogP contribution in [0, 0.1) is 0 Å². The van der Waals surface area contributed by atoms with Crippen LogP contribution in [-0.2, 0) is 9.84 Å². The molecule has 0 unspecified atom stereocenters. The van der Waals surface area contributed by atoms with E-state index < -0.39 is 15.9 Å². The molecule has 0 bridgehead atoms. The predicted octanol–water partition coefficient (Wildman–Crippen LogP) is 1.32. The zero-order chi connectivity index (χ0) is 11.1. The van der Waals surface area contributed by atoms with Gasteiger partial charge in [-0.3, -0.25) is 0 Å². The Balaban J connectivity index is 2.32. The molecule has 2 aliphatic carbocycles. The molecular formula is C11H14O3S. The molecule has 4 heteroatoms. The summed E-state index contributed by atoms with van der Waals surface area (Å²) in [5.41, 5.74) is 0.594. The van der Waals surface area contributed by atoms with Gasteiger partial charge < -0.3 is 5.11 Å². The first-order valence-corrected chi connectivity index (χ1v) is 6.56. The van der Waals surface area contributed by atoms with Crippen LogP contribution in [0.2, 0.25) is 0 Å². The zero-order valence-corrected chi connectivity index (χ0v) is 9.20. The Hall–Kier alpha value is -0.870. The fourth-order valence-corrected chi connectivity index (χ4v) is 3.42. The Labute approximate surface area is 89.7 Å². The maximum atomic E-state index is 11.9. The molecule has 82 valence electrons. The zero-order valence-electron chi connectivity index (χ0n) is 8.39. The number of hydrogen-bond acceptors (Lipinski definition) is 3. The maximum Gasteiger partial charge on any atom is 0.180 e. The lowest BCUT2D eigenvalue weighted by molar-refractivity contribution is 0.216.